The fraction of sp³-hybridized carbons (Fsp3) is 0.462. The first-order chi connectivity index (χ1) is 10.2. The monoisotopic (exact) mass is 353 g/mol. The first-order valence-electron chi connectivity index (χ1n) is 6.56. The van der Waals surface area contributed by atoms with Crippen LogP contribution in [-0.4, -0.2) is 36.4 Å². The lowest BCUT2D eigenvalue weighted by molar-refractivity contribution is -0.144. The molecule has 2 atom stereocenters. The Balaban J connectivity index is 2.51. The molecule has 1 N–H and O–H groups in total. The van der Waals surface area contributed by atoms with E-state index in [0.717, 1.165) is 16.4 Å². The van der Waals surface area contributed by atoms with Gasteiger partial charge in [-0.2, -0.15) is 4.31 Å². The van der Waals surface area contributed by atoms with Crippen LogP contribution in [0.25, 0.3) is 0 Å². The number of carbonyl (C=O) groups is 1. The van der Waals surface area contributed by atoms with Crippen LogP contribution < -0.4 is 0 Å². The van der Waals surface area contributed by atoms with Crippen molar-refractivity contribution in [3.05, 3.63) is 28.8 Å². The van der Waals surface area contributed by atoms with Crippen molar-refractivity contribution in [3.8, 4) is 0 Å². The summed E-state index contributed by atoms with van der Waals surface area (Å²) in [5.41, 5.74) is 0. The molecule has 0 unspecified atom stereocenters. The van der Waals surface area contributed by atoms with Gasteiger partial charge in [0.2, 0.25) is 10.0 Å². The third-order valence-corrected chi connectivity index (χ3v) is 6.29. The van der Waals surface area contributed by atoms with E-state index in [4.69, 9.17) is 16.7 Å². The predicted molar refractivity (Wildman–Crippen MR) is 75.1 cm³/mol. The highest BCUT2D eigenvalue weighted by atomic mass is 35.5. The van der Waals surface area contributed by atoms with Gasteiger partial charge >= 0.3 is 5.97 Å². The quantitative estimate of drug-likeness (QED) is 0.847. The average molecular weight is 354 g/mol. The summed E-state index contributed by atoms with van der Waals surface area (Å²) in [6.07, 6.45) is 0.636. The molecule has 1 aliphatic rings. The van der Waals surface area contributed by atoms with Gasteiger partial charge in [0, 0.05) is 12.6 Å². The van der Waals surface area contributed by atoms with E-state index < -0.39 is 49.5 Å². The normalized spacial score (nSPS) is 23.5. The van der Waals surface area contributed by atoms with Gasteiger partial charge in [-0.3, -0.25) is 4.79 Å². The van der Waals surface area contributed by atoms with E-state index in [0.29, 0.717) is 12.8 Å². The number of carboxylic acids is 1. The highest BCUT2D eigenvalue weighted by Crippen LogP contribution is 2.34. The van der Waals surface area contributed by atoms with Gasteiger partial charge in [0.05, 0.1) is 10.9 Å². The number of carboxylic acid groups (broad SMARTS) is 1. The van der Waals surface area contributed by atoms with Crippen molar-refractivity contribution in [2.24, 2.45) is 5.92 Å². The molecule has 0 bridgehead atoms. The fourth-order valence-corrected chi connectivity index (χ4v) is 4.91. The number of sulfonamides is 1. The van der Waals surface area contributed by atoms with E-state index in [9.17, 15) is 22.0 Å². The van der Waals surface area contributed by atoms with Crippen molar-refractivity contribution in [2.45, 2.75) is 30.7 Å². The molecule has 9 heteroatoms. The van der Waals surface area contributed by atoms with Crippen LogP contribution in [0.15, 0.2) is 17.0 Å². The van der Waals surface area contributed by atoms with E-state index in [-0.39, 0.29) is 6.54 Å². The molecule has 1 fully saturated rings. The van der Waals surface area contributed by atoms with E-state index in [2.05, 4.69) is 0 Å². The second-order valence-corrected chi connectivity index (χ2v) is 7.35. The molecular weight excluding hydrogens is 340 g/mol. The third kappa shape index (κ3) is 2.82. The molecule has 5 nitrogen and oxygen atoms in total. The molecule has 0 saturated carbocycles. The highest BCUT2D eigenvalue weighted by molar-refractivity contribution is 7.89. The summed E-state index contributed by atoms with van der Waals surface area (Å²) < 4.78 is 53.3. The number of hydrogen-bond acceptors (Lipinski definition) is 3. The molecule has 0 aromatic heterocycles. The van der Waals surface area contributed by atoms with Gasteiger partial charge in [0.25, 0.3) is 0 Å². The Kier molecular flexibility index (Phi) is 4.74. The van der Waals surface area contributed by atoms with E-state index >= 15 is 0 Å². The van der Waals surface area contributed by atoms with Crippen molar-refractivity contribution < 1.29 is 27.1 Å². The lowest BCUT2D eigenvalue weighted by Crippen LogP contribution is -2.49. The SMILES string of the molecule is C[C@@H]1[C@H](C(=O)O)CCCN1S(=O)(=O)c1c(Cl)ccc(F)c1F. The summed E-state index contributed by atoms with van der Waals surface area (Å²) in [7, 11) is -4.44. The number of nitrogens with zero attached hydrogens (tertiary/aromatic N) is 1. The molecule has 0 radical (unpaired) electrons. The summed E-state index contributed by atoms with van der Waals surface area (Å²) in [4.78, 5) is 10.2. The highest BCUT2D eigenvalue weighted by Gasteiger charge is 2.41. The van der Waals surface area contributed by atoms with Crippen molar-refractivity contribution in [2.75, 3.05) is 6.54 Å². The Morgan fingerprint density at radius 3 is 2.64 bits per heavy atom. The summed E-state index contributed by atoms with van der Waals surface area (Å²) >= 11 is 5.72. The standard InChI is InChI=1S/C13H14ClF2NO4S/c1-7-8(13(18)19)3-2-6-17(7)22(20,21)12-9(14)4-5-10(15)11(12)16/h4-5,7-8H,2-3,6H2,1H3,(H,18,19)/t7-,8-/m1/s1. The summed E-state index contributed by atoms with van der Waals surface area (Å²) in [5.74, 6) is -4.92. The minimum atomic E-state index is -4.44. The van der Waals surface area contributed by atoms with Gasteiger partial charge in [-0.05, 0) is 31.9 Å². The second kappa shape index (κ2) is 6.10. The molecule has 0 spiro atoms. The number of benzene rings is 1. The van der Waals surface area contributed by atoms with Gasteiger partial charge in [0.15, 0.2) is 11.6 Å². The smallest absolute Gasteiger partial charge is 0.308 e. The minimum absolute atomic E-state index is 0.0273. The third-order valence-electron chi connectivity index (χ3n) is 3.82. The first kappa shape index (κ1) is 17.1. The van der Waals surface area contributed by atoms with Gasteiger partial charge in [0.1, 0.15) is 4.90 Å². The fourth-order valence-electron chi connectivity index (χ4n) is 2.64. The predicted octanol–water partition coefficient (Wildman–Crippen LogP) is 2.49. The van der Waals surface area contributed by atoms with Crippen LogP contribution in [-0.2, 0) is 14.8 Å². The lowest BCUT2D eigenvalue weighted by atomic mass is 9.92. The van der Waals surface area contributed by atoms with Crippen molar-refractivity contribution in [1.29, 1.82) is 0 Å². The Hall–Kier alpha value is -1.25. The van der Waals surface area contributed by atoms with Crippen molar-refractivity contribution >= 4 is 27.6 Å². The zero-order chi connectivity index (χ0) is 16.7. The van der Waals surface area contributed by atoms with Crippen LogP contribution in [0.2, 0.25) is 5.02 Å². The van der Waals surface area contributed by atoms with Crippen molar-refractivity contribution in [3.63, 3.8) is 0 Å². The molecule has 22 heavy (non-hydrogen) atoms. The topological polar surface area (TPSA) is 74.7 Å². The van der Waals surface area contributed by atoms with Crippen LogP contribution >= 0.6 is 11.6 Å². The first-order valence-corrected chi connectivity index (χ1v) is 8.38. The summed E-state index contributed by atoms with van der Waals surface area (Å²) in [5, 5.41) is 8.69. The zero-order valence-corrected chi connectivity index (χ0v) is 13.2. The van der Waals surface area contributed by atoms with Gasteiger partial charge in [-0.15, -0.1) is 0 Å². The number of aliphatic carboxylic acids is 1. The van der Waals surface area contributed by atoms with Gasteiger partial charge < -0.3 is 5.11 Å². The second-order valence-electron chi connectivity index (χ2n) is 5.12. The molecule has 122 valence electrons. The van der Waals surface area contributed by atoms with Crippen LogP contribution in [0, 0.1) is 17.6 Å². The van der Waals surface area contributed by atoms with Crippen LogP contribution in [0.3, 0.4) is 0 Å². The molecule has 1 aliphatic heterocycles. The summed E-state index contributed by atoms with van der Waals surface area (Å²) in [6.45, 7) is 1.46. The lowest BCUT2D eigenvalue weighted by Gasteiger charge is -2.36. The Labute approximate surface area is 131 Å². The van der Waals surface area contributed by atoms with Crippen molar-refractivity contribution in [1.82, 2.24) is 4.31 Å². The summed E-state index contributed by atoms with van der Waals surface area (Å²) in [6, 6.07) is 0.807. The molecule has 1 aromatic carbocycles. The van der Waals surface area contributed by atoms with Gasteiger partial charge in [-0.25, -0.2) is 17.2 Å². The number of hydrogen-bond donors (Lipinski definition) is 1. The minimum Gasteiger partial charge on any atom is -0.481 e. The number of piperidine rings is 1. The maximum atomic E-state index is 13.9. The largest absolute Gasteiger partial charge is 0.481 e. The zero-order valence-electron chi connectivity index (χ0n) is 11.6. The van der Waals surface area contributed by atoms with Crippen LogP contribution in [0.1, 0.15) is 19.8 Å². The molecule has 2 rings (SSSR count). The molecule has 1 aromatic rings. The average Bonchev–Trinajstić information content (AvgIpc) is 2.42. The van der Waals surface area contributed by atoms with E-state index in [1.165, 1.54) is 6.92 Å². The Bertz CT molecular complexity index is 710. The molecule has 1 heterocycles. The van der Waals surface area contributed by atoms with E-state index in [1.54, 1.807) is 0 Å². The molecule has 0 aliphatic carbocycles. The number of rotatable bonds is 3. The maximum Gasteiger partial charge on any atom is 0.308 e. The molecular formula is C13H14ClF2NO4S. The number of halogens is 3. The Morgan fingerprint density at radius 1 is 1.41 bits per heavy atom. The molecule has 1 saturated heterocycles. The van der Waals surface area contributed by atoms with Crippen LogP contribution in [0.5, 0.6) is 0 Å². The maximum absolute atomic E-state index is 13.9. The Morgan fingerprint density at radius 2 is 2.05 bits per heavy atom. The van der Waals surface area contributed by atoms with Crippen LogP contribution in [0.4, 0.5) is 8.78 Å². The van der Waals surface area contributed by atoms with E-state index in [1.807, 2.05) is 0 Å². The van der Waals surface area contributed by atoms with Gasteiger partial charge in [-0.1, -0.05) is 11.6 Å². The molecule has 0 amide bonds.